The number of nitrogens with zero attached hydrogens (tertiary/aromatic N) is 1. The highest BCUT2D eigenvalue weighted by Gasteiger charge is 2.10. The molecule has 1 heterocycles. The van der Waals surface area contributed by atoms with Crippen molar-refractivity contribution in [3.8, 4) is 0 Å². The molecule has 0 spiro atoms. The molecule has 2 aromatic rings. The van der Waals surface area contributed by atoms with Gasteiger partial charge in [-0.05, 0) is 17.7 Å². The summed E-state index contributed by atoms with van der Waals surface area (Å²) in [5.74, 6) is 0.0684. The molecule has 2 rings (SSSR count). The first kappa shape index (κ1) is 13.4. The van der Waals surface area contributed by atoms with Crippen LogP contribution in [0.15, 0.2) is 53.1 Å². The summed E-state index contributed by atoms with van der Waals surface area (Å²) in [6.07, 6.45) is 1.76. The molecule has 1 aromatic carbocycles. The largest absolute Gasteiger partial charge is 0.481 e. The van der Waals surface area contributed by atoms with Crippen molar-refractivity contribution in [3.63, 3.8) is 0 Å². The molecule has 0 fully saturated rings. The Hall–Kier alpha value is -2.07. The minimum atomic E-state index is -0.780. The van der Waals surface area contributed by atoms with Gasteiger partial charge >= 0.3 is 5.97 Å². The summed E-state index contributed by atoms with van der Waals surface area (Å²) >= 11 is 0. The fourth-order valence-electron chi connectivity index (χ4n) is 1.93. The number of hydrogen-bond acceptors (Lipinski definition) is 3. The summed E-state index contributed by atoms with van der Waals surface area (Å²) in [7, 11) is 0. The summed E-state index contributed by atoms with van der Waals surface area (Å²) in [6, 6.07) is 13.8. The number of carboxylic acids is 1. The van der Waals surface area contributed by atoms with E-state index in [1.165, 1.54) is 5.56 Å². The van der Waals surface area contributed by atoms with Gasteiger partial charge < -0.3 is 9.52 Å². The van der Waals surface area contributed by atoms with Crippen molar-refractivity contribution in [2.75, 3.05) is 6.54 Å². The number of carboxylic acid groups (broad SMARTS) is 1. The molecule has 0 bridgehead atoms. The molecule has 1 aromatic heterocycles. The molecular weight excluding hydrogens is 242 g/mol. The Morgan fingerprint density at radius 3 is 2.53 bits per heavy atom. The monoisotopic (exact) mass is 259 g/mol. The molecule has 0 aliphatic rings. The summed E-state index contributed by atoms with van der Waals surface area (Å²) in [5, 5.41) is 8.80. The van der Waals surface area contributed by atoms with Crippen LogP contribution in [0, 0.1) is 0 Å². The number of rotatable bonds is 7. The molecule has 100 valence electrons. The average Bonchev–Trinajstić information content (AvgIpc) is 2.90. The third-order valence-electron chi connectivity index (χ3n) is 2.85. The van der Waals surface area contributed by atoms with Crippen molar-refractivity contribution >= 4 is 5.97 Å². The van der Waals surface area contributed by atoms with Crippen molar-refractivity contribution in [1.29, 1.82) is 0 Å². The molecule has 0 aliphatic heterocycles. The van der Waals surface area contributed by atoms with Crippen LogP contribution in [0.2, 0.25) is 0 Å². The second-order valence-corrected chi connectivity index (χ2v) is 4.42. The van der Waals surface area contributed by atoms with Crippen LogP contribution in [0.3, 0.4) is 0 Å². The number of hydrogen-bond donors (Lipinski definition) is 1. The average molecular weight is 259 g/mol. The van der Waals surface area contributed by atoms with Gasteiger partial charge in [0.15, 0.2) is 0 Å². The molecular formula is C15H17NO3. The zero-order valence-corrected chi connectivity index (χ0v) is 10.7. The summed E-state index contributed by atoms with van der Waals surface area (Å²) in [6.45, 7) is 1.84. The van der Waals surface area contributed by atoms with Gasteiger partial charge in [0.1, 0.15) is 5.76 Å². The van der Waals surface area contributed by atoms with Gasteiger partial charge in [0.05, 0.1) is 19.2 Å². The van der Waals surface area contributed by atoms with E-state index in [4.69, 9.17) is 9.52 Å². The fourth-order valence-corrected chi connectivity index (χ4v) is 1.93. The van der Waals surface area contributed by atoms with Crippen LogP contribution in [-0.2, 0) is 17.9 Å². The standard InChI is InChI=1S/C15H17NO3/c17-15(18)8-9-16(12-14-7-4-10-19-14)11-13-5-2-1-3-6-13/h1-7,10H,8-9,11-12H2,(H,17,18). The Morgan fingerprint density at radius 1 is 1.11 bits per heavy atom. The van der Waals surface area contributed by atoms with Crippen LogP contribution in [0.25, 0.3) is 0 Å². The molecule has 0 amide bonds. The summed E-state index contributed by atoms with van der Waals surface area (Å²) < 4.78 is 5.32. The molecule has 4 heteroatoms. The molecule has 19 heavy (non-hydrogen) atoms. The fraction of sp³-hybridized carbons (Fsp3) is 0.267. The number of benzene rings is 1. The van der Waals surface area contributed by atoms with E-state index in [9.17, 15) is 4.79 Å². The van der Waals surface area contributed by atoms with Gasteiger partial charge in [-0.3, -0.25) is 9.69 Å². The maximum atomic E-state index is 10.7. The summed E-state index contributed by atoms with van der Waals surface area (Å²) in [5.41, 5.74) is 1.17. The quantitative estimate of drug-likeness (QED) is 0.830. The summed E-state index contributed by atoms with van der Waals surface area (Å²) in [4.78, 5) is 12.8. The van der Waals surface area contributed by atoms with Crippen LogP contribution in [0.5, 0.6) is 0 Å². The highest BCUT2D eigenvalue weighted by atomic mass is 16.4. The molecule has 0 aliphatic carbocycles. The molecule has 0 atom stereocenters. The second kappa shape index (κ2) is 6.75. The van der Waals surface area contributed by atoms with E-state index in [2.05, 4.69) is 4.90 Å². The Bertz CT molecular complexity index is 493. The van der Waals surface area contributed by atoms with Crippen LogP contribution >= 0.6 is 0 Å². The van der Waals surface area contributed by atoms with E-state index >= 15 is 0 Å². The van der Waals surface area contributed by atoms with Crippen molar-refractivity contribution in [1.82, 2.24) is 4.90 Å². The topological polar surface area (TPSA) is 53.7 Å². The Kier molecular flexibility index (Phi) is 4.75. The minimum absolute atomic E-state index is 0.132. The number of carbonyl (C=O) groups is 1. The van der Waals surface area contributed by atoms with Crippen molar-refractivity contribution in [2.24, 2.45) is 0 Å². The van der Waals surface area contributed by atoms with Crippen molar-refractivity contribution in [2.45, 2.75) is 19.5 Å². The van der Waals surface area contributed by atoms with Crippen molar-refractivity contribution in [3.05, 3.63) is 60.1 Å². The smallest absolute Gasteiger partial charge is 0.304 e. The Labute approximate surface area is 112 Å². The predicted molar refractivity (Wildman–Crippen MR) is 71.5 cm³/mol. The molecule has 0 radical (unpaired) electrons. The van der Waals surface area contributed by atoms with E-state index in [-0.39, 0.29) is 6.42 Å². The first-order valence-electron chi connectivity index (χ1n) is 6.24. The SMILES string of the molecule is O=C(O)CCN(Cc1ccccc1)Cc1ccco1. The number of aliphatic carboxylic acids is 1. The first-order chi connectivity index (χ1) is 9.24. The lowest BCUT2D eigenvalue weighted by molar-refractivity contribution is -0.137. The molecule has 0 unspecified atom stereocenters. The van der Waals surface area contributed by atoms with Crippen LogP contribution in [0.4, 0.5) is 0 Å². The highest BCUT2D eigenvalue weighted by molar-refractivity contribution is 5.66. The minimum Gasteiger partial charge on any atom is -0.481 e. The molecule has 0 saturated heterocycles. The third-order valence-corrected chi connectivity index (χ3v) is 2.85. The maximum absolute atomic E-state index is 10.7. The van der Waals surface area contributed by atoms with Gasteiger partial charge in [0.25, 0.3) is 0 Å². The van der Waals surface area contributed by atoms with Crippen LogP contribution in [0.1, 0.15) is 17.7 Å². The lowest BCUT2D eigenvalue weighted by atomic mass is 10.2. The van der Waals surface area contributed by atoms with Gasteiger partial charge in [-0.15, -0.1) is 0 Å². The zero-order chi connectivity index (χ0) is 13.5. The zero-order valence-electron chi connectivity index (χ0n) is 10.7. The first-order valence-corrected chi connectivity index (χ1v) is 6.24. The predicted octanol–water partition coefficient (Wildman–Crippen LogP) is 2.76. The van der Waals surface area contributed by atoms with E-state index in [1.54, 1.807) is 6.26 Å². The molecule has 4 nitrogen and oxygen atoms in total. The van der Waals surface area contributed by atoms with E-state index in [0.29, 0.717) is 13.1 Å². The Morgan fingerprint density at radius 2 is 1.89 bits per heavy atom. The van der Waals surface area contributed by atoms with Crippen LogP contribution in [-0.4, -0.2) is 22.5 Å². The normalized spacial score (nSPS) is 10.8. The van der Waals surface area contributed by atoms with Gasteiger partial charge in [0, 0.05) is 13.1 Å². The van der Waals surface area contributed by atoms with Crippen molar-refractivity contribution < 1.29 is 14.3 Å². The maximum Gasteiger partial charge on any atom is 0.304 e. The van der Waals surface area contributed by atoms with E-state index in [0.717, 1.165) is 12.3 Å². The lowest BCUT2D eigenvalue weighted by Gasteiger charge is -2.20. The Balaban J connectivity index is 1.99. The highest BCUT2D eigenvalue weighted by Crippen LogP contribution is 2.11. The van der Waals surface area contributed by atoms with Gasteiger partial charge in [-0.2, -0.15) is 0 Å². The van der Waals surface area contributed by atoms with Crippen LogP contribution < -0.4 is 0 Å². The van der Waals surface area contributed by atoms with Gasteiger partial charge in [-0.25, -0.2) is 0 Å². The van der Waals surface area contributed by atoms with Gasteiger partial charge in [0.2, 0.25) is 0 Å². The lowest BCUT2D eigenvalue weighted by Crippen LogP contribution is -2.25. The van der Waals surface area contributed by atoms with Gasteiger partial charge in [-0.1, -0.05) is 30.3 Å². The van der Waals surface area contributed by atoms with E-state index in [1.807, 2.05) is 42.5 Å². The second-order valence-electron chi connectivity index (χ2n) is 4.42. The molecule has 1 N–H and O–H groups in total. The van der Waals surface area contributed by atoms with E-state index < -0.39 is 5.97 Å². The molecule has 0 saturated carbocycles. The third kappa shape index (κ3) is 4.60. The number of furan rings is 1.